The van der Waals surface area contributed by atoms with Crippen LogP contribution < -0.4 is 4.18 Å². The van der Waals surface area contributed by atoms with Crippen LogP contribution in [-0.4, -0.2) is 36.3 Å². The number of aryl methyl sites for hydroxylation is 2. The molecule has 0 saturated heterocycles. The summed E-state index contributed by atoms with van der Waals surface area (Å²) < 4.78 is 71.1. The Kier molecular flexibility index (Phi) is 5.31. The second-order valence-electron chi connectivity index (χ2n) is 5.22. The number of carbonyl (C=O) groups excluding carboxylic acids is 1. The summed E-state index contributed by atoms with van der Waals surface area (Å²) >= 11 is 0. The van der Waals surface area contributed by atoms with E-state index >= 15 is 0 Å². The molecule has 0 bridgehead atoms. The first-order chi connectivity index (χ1) is 12.0. The highest BCUT2D eigenvalue weighted by Crippen LogP contribution is 2.37. The molecule has 0 aliphatic carbocycles. The number of benzene rings is 1. The topological polar surface area (TPSA) is 87.5 Å². The van der Waals surface area contributed by atoms with Gasteiger partial charge in [0.15, 0.2) is 5.69 Å². The summed E-state index contributed by atoms with van der Waals surface area (Å²) in [5.74, 6) is -1.90. The van der Waals surface area contributed by atoms with E-state index in [1.54, 1.807) is 19.1 Å². The number of aromatic nitrogens is 2. The van der Waals surface area contributed by atoms with Crippen molar-refractivity contribution in [1.82, 2.24) is 9.78 Å². The Morgan fingerprint density at radius 1 is 1.23 bits per heavy atom. The number of hydrogen-bond acceptors (Lipinski definition) is 6. The maximum Gasteiger partial charge on any atom is 0.534 e. The molecule has 0 fully saturated rings. The lowest BCUT2D eigenvalue weighted by molar-refractivity contribution is -0.0500. The number of nitrogens with zero attached hydrogens (tertiary/aromatic N) is 2. The highest BCUT2D eigenvalue weighted by Gasteiger charge is 2.50. The molecule has 0 saturated carbocycles. The quantitative estimate of drug-likeness (QED) is 0.442. The number of hydrogen-bond donors (Lipinski definition) is 0. The third kappa shape index (κ3) is 3.82. The molecule has 2 rings (SSSR count). The molecule has 0 N–H and O–H groups in total. The summed E-state index contributed by atoms with van der Waals surface area (Å²) in [5, 5.41) is 3.94. The highest BCUT2D eigenvalue weighted by molar-refractivity contribution is 7.88. The largest absolute Gasteiger partial charge is 0.534 e. The van der Waals surface area contributed by atoms with Crippen LogP contribution in [0.1, 0.15) is 23.0 Å². The van der Waals surface area contributed by atoms with E-state index in [1.807, 2.05) is 0 Å². The molecule has 7 nitrogen and oxygen atoms in total. The molecular weight excluding hydrogens is 377 g/mol. The molecule has 0 spiro atoms. The minimum Gasteiger partial charge on any atom is -0.461 e. The van der Waals surface area contributed by atoms with E-state index in [0.717, 1.165) is 10.2 Å². The molecule has 0 aliphatic heterocycles. The van der Waals surface area contributed by atoms with Crippen LogP contribution in [0, 0.1) is 6.92 Å². The van der Waals surface area contributed by atoms with Gasteiger partial charge in [-0.1, -0.05) is 29.8 Å². The molecule has 2 aromatic rings. The van der Waals surface area contributed by atoms with E-state index < -0.39 is 33.0 Å². The van der Waals surface area contributed by atoms with Gasteiger partial charge in [-0.25, -0.2) is 4.79 Å². The normalized spacial score (nSPS) is 12.1. The Labute approximate surface area is 147 Å². The predicted molar refractivity (Wildman–Crippen MR) is 84.9 cm³/mol. The highest BCUT2D eigenvalue weighted by atomic mass is 32.2. The molecular formula is C15H15F3N2O5S. The third-order valence-corrected chi connectivity index (χ3v) is 4.23. The van der Waals surface area contributed by atoms with Crippen LogP contribution >= 0.6 is 0 Å². The van der Waals surface area contributed by atoms with E-state index in [9.17, 15) is 26.4 Å². The molecule has 142 valence electrons. The number of halogens is 3. The number of alkyl halides is 3. The van der Waals surface area contributed by atoms with Gasteiger partial charge in [0.25, 0.3) is 0 Å². The van der Waals surface area contributed by atoms with Gasteiger partial charge in [0, 0.05) is 12.6 Å². The van der Waals surface area contributed by atoms with E-state index in [2.05, 4.69) is 9.28 Å². The molecule has 0 aliphatic rings. The predicted octanol–water partition coefficient (Wildman–Crippen LogP) is 2.80. The number of esters is 1. The Balaban J connectivity index is 2.68. The molecule has 0 radical (unpaired) electrons. The van der Waals surface area contributed by atoms with Crippen molar-refractivity contribution in [2.24, 2.45) is 7.05 Å². The van der Waals surface area contributed by atoms with Crippen molar-refractivity contribution in [2.45, 2.75) is 19.4 Å². The second kappa shape index (κ2) is 6.98. The fourth-order valence-corrected chi connectivity index (χ4v) is 2.54. The zero-order valence-electron chi connectivity index (χ0n) is 14.0. The number of ether oxygens (including phenoxy) is 1. The Bertz CT molecular complexity index is 918. The Hall–Kier alpha value is -2.56. The minimum atomic E-state index is -6.01. The van der Waals surface area contributed by atoms with Crippen LogP contribution in [0.5, 0.6) is 5.75 Å². The molecule has 0 atom stereocenters. The standard InChI is InChI=1S/C15H15F3N2O5S/c1-4-24-14(21)12-13(25-26(22,23)15(16,17)18)11(19-20(12)3)10-7-5-9(2)6-8-10/h5-8H,4H2,1-3H3. The van der Waals surface area contributed by atoms with E-state index in [4.69, 9.17) is 4.74 Å². The lowest BCUT2D eigenvalue weighted by Crippen LogP contribution is -2.29. The lowest BCUT2D eigenvalue weighted by Gasteiger charge is -2.11. The van der Waals surface area contributed by atoms with Gasteiger partial charge in [0.05, 0.1) is 6.61 Å². The van der Waals surface area contributed by atoms with Gasteiger partial charge in [-0.3, -0.25) is 4.68 Å². The number of carbonyl (C=O) groups is 1. The SMILES string of the molecule is CCOC(=O)c1c(OS(=O)(=O)C(F)(F)F)c(-c2ccc(C)cc2)nn1C. The Morgan fingerprint density at radius 2 is 1.81 bits per heavy atom. The van der Waals surface area contributed by atoms with Gasteiger partial charge in [-0.15, -0.1) is 0 Å². The number of rotatable bonds is 5. The van der Waals surface area contributed by atoms with Crippen molar-refractivity contribution in [3.05, 3.63) is 35.5 Å². The summed E-state index contributed by atoms with van der Waals surface area (Å²) in [4.78, 5) is 12.1. The van der Waals surface area contributed by atoms with Crippen molar-refractivity contribution in [1.29, 1.82) is 0 Å². The van der Waals surface area contributed by atoms with Crippen molar-refractivity contribution in [2.75, 3.05) is 6.61 Å². The van der Waals surface area contributed by atoms with Crippen molar-refractivity contribution >= 4 is 16.1 Å². The first kappa shape index (κ1) is 19.8. The average Bonchev–Trinajstić information content (AvgIpc) is 2.83. The van der Waals surface area contributed by atoms with Crippen LogP contribution in [-0.2, 0) is 21.9 Å². The van der Waals surface area contributed by atoms with Gasteiger partial charge in [-0.2, -0.15) is 26.7 Å². The van der Waals surface area contributed by atoms with Crippen molar-refractivity contribution in [3.8, 4) is 17.0 Å². The molecule has 1 aromatic heterocycles. The van der Waals surface area contributed by atoms with Gasteiger partial charge in [-0.05, 0) is 13.8 Å². The Morgan fingerprint density at radius 3 is 2.31 bits per heavy atom. The third-order valence-electron chi connectivity index (χ3n) is 3.27. The zero-order chi connectivity index (χ0) is 19.7. The molecule has 11 heteroatoms. The van der Waals surface area contributed by atoms with Gasteiger partial charge in [0.1, 0.15) is 5.69 Å². The summed E-state index contributed by atoms with van der Waals surface area (Å²) in [6.45, 7) is 3.20. The lowest BCUT2D eigenvalue weighted by atomic mass is 10.1. The molecule has 0 amide bonds. The maximum atomic E-state index is 12.7. The first-order valence-electron chi connectivity index (χ1n) is 7.30. The fraction of sp³-hybridized carbons (Fsp3) is 0.333. The van der Waals surface area contributed by atoms with E-state index in [1.165, 1.54) is 26.1 Å². The molecule has 1 heterocycles. The summed E-state index contributed by atoms with van der Waals surface area (Å²) in [5.41, 5.74) is -5.31. The molecule has 26 heavy (non-hydrogen) atoms. The molecule has 0 unspecified atom stereocenters. The van der Waals surface area contributed by atoms with Crippen molar-refractivity contribution < 1.29 is 35.3 Å². The second-order valence-corrected chi connectivity index (χ2v) is 6.76. The van der Waals surface area contributed by atoms with Crippen molar-refractivity contribution in [3.63, 3.8) is 0 Å². The van der Waals surface area contributed by atoms with Crippen LogP contribution in [0.3, 0.4) is 0 Å². The van der Waals surface area contributed by atoms with Crippen LogP contribution in [0.2, 0.25) is 0 Å². The van der Waals surface area contributed by atoms with Gasteiger partial charge in [0.2, 0.25) is 5.75 Å². The fourth-order valence-electron chi connectivity index (χ4n) is 2.06. The smallest absolute Gasteiger partial charge is 0.461 e. The van der Waals surface area contributed by atoms with Crippen LogP contribution in [0.4, 0.5) is 13.2 Å². The average molecular weight is 392 g/mol. The van der Waals surface area contributed by atoms with E-state index in [0.29, 0.717) is 0 Å². The maximum absolute atomic E-state index is 12.7. The zero-order valence-corrected chi connectivity index (χ0v) is 14.8. The monoisotopic (exact) mass is 392 g/mol. The summed E-state index contributed by atoms with van der Waals surface area (Å²) in [7, 11) is -4.75. The van der Waals surface area contributed by atoms with E-state index in [-0.39, 0.29) is 17.9 Å². The van der Waals surface area contributed by atoms with Gasteiger partial charge >= 0.3 is 21.6 Å². The minimum absolute atomic E-state index is 0.0741. The van der Waals surface area contributed by atoms with Crippen LogP contribution in [0.25, 0.3) is 11.3 Å². The molecule has 1 aromatic carbocycles. The summed E-state index contributed by atoms with van der Waals surface area (Å²) in [6.07, 6.45) is 0. The summed E-state index contributed by atoms with van der Waals surface area (Å²) in [6, 6.07) is 6.32. The van der Waals surface area contributed by atoms with Gasteiger partial charge < -0.3 is 8.92 Å². The van der Waals surface area contributed by atoms with Crippen LogP contribution in [0.15, 0.2) is 24.3 Å². The first-order valence-corrected chi connectivity index (χ1v) is 8.70.